The van der Waals surface area contributed by atoms with Gasteiger partial charge in [0.2, 0.25) is 0 Å². The number of amides is 2. The molecule has 0 unspecified atom stereocenters. The lowest BCUT2D eigenvalue weighted by Crippen LogP contribution is -2.44. The number of hydrogen-bond acceptors (Lipinski definition) is 12. The molecule has 0 spiro atoms. The molecule has 1 saturated carbocycles. The second-order valence-electron chi connectivity index (χ2n) is 17.4. The number of aromatic nitrogens is 5. The Morgan fingerprint density at radius 2 is 1.56 bits per heavy atom. The summed E-state index contributed by atoms with van der Waals surface area (Å²) in [5.41, 5.74) is 7.61. The van der Waals surface area contributed by atoms with E-state index >= 15 is 0 Å². The van der Waals surface area contributed by atoms with Gasteiger partial charge < -0.3 is 39.0 Å². The maximum atomic E-state index is 13.9. The fraction of sp³-hybridized carbons (Fsp3) is 0.575. The fourth-order valence-electron chi connectivity index (χ4n) is 7.55. The van der Waals surface area contributed by atoms with Crippen molar-refractivity contribution in [1.29, 1.82) is 0 Å². The van der Waals surface area contributed by atoms with Gasteiger partial charge in [0.1, 0.15) is 35.1 Å². The number of hydrogen-bond donors (Lipinski definition) is 1. The van der Waals surface area contributed by atoms with Crippen LogP contribution in [0.2, 0.25) is 0 Å². The lowest BCUT2D eigenvalue weighted by molar-refractivity contribution is -0.160. The lowest BCUT2D eigenvalue weighted by Gasteiger charge is -2.32. The monoisotopic (exact) mass is 808 g/mol. The number of nitrogens with two attached hydrogens (primary N) is 1. The molecule has 0 bridgehead atoms. The first-order chi connectivity index (χ1) is 26.6. The maximum Gasteiger partial charge on any atom is 0.410 e. The van der Waals surface area contributed by atoms with Crippen molar-refractivity contribution in [3.63, 3.8) is 0 Å². The minimum Gasteiger partial charge on any atom is -0.444 e. The van der Waals surface area contributed by atoms with Gasteiger partial charge in [0, 0.05) is 50.1 Å². The molecule has 0 radical (unpaired) electrons. The minimum atomic E-state index is -3.63. The Bertz CT molecular complexity index is 2170. The molecule has 16 nitrogen and oxygen atoms in total. The third-order valence-electron chi connectivity index (χ3n) is 9.86. The van der Waals surface area contributed by atoms with Crippen molar-refractivity contribution in [3.05, 3.63) is 60.7 Å². The standard InChI is InChI=1S/C40H56N8O8S/c1-38(2,3)55-36(49)45(20-16-26-14-11-10-12-15-26)18-13-19-46(37(50)56-39(4,5)6)23-27-22-30(33-32(27)53-40(7,8)54-33)47-24-28(31-34(41)42-25-43-35(31)47)29-17-21-48(44-29)57(9,51)52/h10-12,14-15,17,21,24-25,27,30,32-33H,13,16,18-20,22-23H2,1-9H3,(H2,41,42,43)/t27-,30-,32-,33+/m1/s1. The van der Waals surface area contributed by atoms with E-state index in [-0.39, 0.29) is 17.8 Å². The summed E-state index contributed by atoms with van der Waals surface area (Å²) >= 11 is 0. The summed E-state index contributed by atoms with van der Waals surface area (Å²) in [4.78, 5) is 39.5. The molecule has 4 atom stereocenters. The first-order valence-electron chi connectivity index (χ1n) is 19.3. The van der Waals surface area contributed by atoms with Crippen molar-refractivity contribution >= 4 is 39.1 Å². The highest BCUT2D eigenvalue weighted by atomic mass is 32.2. The van der Waals surface area contributed by atoms with E-state index in [0.29, 0.717) is 67.7 Å². The lowest BCUT2D eigenvalue weighted by atomic mass is 10.0. The highest BCUT2D eigenvalue weighted by molar-refractivity contribution is 7.89. The Hall–Kier alpha value is -4.74. The molecule has 310 valence electrons. The number of nitrogens with zero attached hydrogens (tertiary/aromatic N) is 7. The van der Waals surface area contributed by atoms with Gasteiger partial charge in [-0.2, -0.15) is 9.19 Å². The number of carbonyl (C=O) groups is 2. The first-order valence-corrected chi connectivity index (χ1v) is 21.2. The molecule has 2 N–H and O–H groups in total. The summed E-state index contributed by atoms with van der Waals surface area (Å²) in [5.74, 6) is -0.888. The second-order valence-corrected chi connectivity index (χ2v) is 19.2. The Labute approximate surface area is 334 Å². The highest BCUT2D eigenvalue weighted by Gasteiger charge is 2.55. The molecule has 3 aromatic heterocycles. The van der Waals surface area contributed by atoms with Crippen molar-refractivity contribution in [2.75, 3.05) is 38.2 Å². The van der Waals surface area contributed by atoms with Crippen LogP contribution in [0.25, 0.3) is 22.3 Å². The predicted molar refractivity (Wildman–Crippen MR) is 215 cm³/mol. The highest BCUT2D eigenvalue weighted by Crippen LogP contribution is 2.49. The van der Waals surface area contributed by atoms with Crippen LogP contribution in [-0.4, -0.2) is 116 Å². The third kappa shape index (κ3) is 10.0. The molecular weight excluding hydrogens is 753 g/mol. The third-order valence-corrected chi connectivity index (χ3v) is 10.7. The Morgan fingerprint density at radius 3 is 2.19 bits per heavy atom. The van der Waals surface area contributed by atoms with Gasteiger partial charge in [0.25, 0.3) is 10.0 Å². The zero-order valence-corrected chi connectivity index (χ0v) is 35.2. The van der Waals surface area contributed by atoms with Crippen molar-refractivity contribution < 1.29 is 37.0 Å². The summed E-state index contributed by atoms with van der Waals surface area (Å²) in [6.45, 7) is 16.2. The fourth-order valence-corrected chi connectivity index (χ4v) is 8.07. The van der Waals surface area contributed by atoms with Crippen LogP contribution in [0.4, 0.5) is 15.4 Å². The van der Waals surface area contributed by atoms with E-state index in [0.717, 1.165) is 15.9 Å². The van der Waals surface area contributed by atoms with E-state index < -0.39 is 51.4 Å². The molecule has 1 aliphatic heterocycles. The van der Waals surface area contributed by atoms with E-state index in [9.17, 15) is 18.0 Å². The van der Waals surface area contributed by atoms with Gasteiger partial charge in [-0.3, -0.25) is 0 Å². The Balaban J connectivity index is 1.27. The average molecular weight is 809 g/mol. The van der Waals surface area contributed by atoms with Crippen LogP contribution in [0.1, 0.15) is 79.8 Å². The molecule has 17 heteroatoms. The summed E-state index contributed by atoms with van der Waals surface area (Å²) in [6, 6.07) is 11.3. The number of carbonyl (C=O) groups excluding carboxylic acids is 2. The molecule has 6 rings (SSSR count). The second kappa shape index (κ2) is 15.9. The topological polar surface area (TPSA) is 186 Å². The van der Waals surface area contributed by atoms with Crippen molar-refractivity contribution in [2.24, 2.45) is 5.92 Å². The maximum absolute atomic E-state index is 13.9. The SMILES string of the molecule is CC(C)(C)OC(=O)N(CCCN(C[C@H]1C[C@@H](n2cc(-c3ccn(S(C)(=O)=O)n3)c3c(N)ncnc32)[C@@H]2OC(C)(C)O[C@H]12)C(=O)OC(C)(C)C)CCc1ccccc1. The smallest absolute Gasteiger partial charge is 0.410 e. The van der Waals surface area contributed by atoms with E-state index in [2.05, 4.69) is 15.1 Å². The molecule has 4 heterocycles. The van der Waals surface area contributed by atoms with Crippen LogP contribution in [0, 0.1) is 5.92 Å². The summed E-state index contributed by atoms with van der Waals surface area (Å²) in [5, 5.41) is 4.86. The molecule has 1 aliphatic carbocycles. The molecule has 1 aromatic carbocycles. The molecule has 57 heavy (non-hydrogen) atoms. The summed E-state index contributed by atoms with van der Waals surface area (Å²) in [7, 11) is -3.63. The van der Waals surface area contributed by atoms with E-state index in [4.69, 9.17) is 24.7 Å². The number of fused-ring (bicyclic) bond motifs is 2. The zero-order valence-electron chi connectivity index (χ0n) is 34.3. The average Bonchev–Trinajstić information content (AvgIpc) is 3.87. The van der Waals surface area contributed by atoms with Crippen LogP contribution in [0.15, 0.2) is 55.1 Å². The number of ether oxygens (including phenoxy) is 4. The number of nitrogen functional groups attached to an aromatic ring is 1. The summed E-state index contributed by atoms with van der Waals surface area (Å²) in [6.07, 6.45) is 5.66. The van der Waals surface area contributed by atoms with Crippen LogP contribution in [0.3, 0.4) is 0 Å². The van der Waals surface area contributed by atoms with Gasteiger partial charge in [-0.05, 0) is 86.3 Å². The Morgan fingerprint density at radius 1 is 0.930 bits per heavy atom. The van der Waals surface area contributed by atoms with Gasteiger partial charge in [0.15, 0.2) is 5.79 Å². The van der Waals surface area contributed by atoms with Crippen LogP contribution >= 0.6 is 0 Å². The number of rotatable bonds is 12. The zero-order chi connectivity index (χ0) is 41.5. The van der Waals surface area contributed by atoms with Crippen LogP contribution in [-0.2, 0) is 35.4 Å². The quantitative estimate of drug-likeness (QED) is 0.180. The molecule has 4 aromatic rings. The normalized spacial score (nSPS) is 20.7. The van der Waals surface area contributed by atoms with Crippen LogP contribution in [0.5, 0.6) is 0 Å². The first kappa shape index (κ1) is 41.9. The van der Waals surface area contributed by atoms with Gasteiger partial charge in [0.05, 0.1) is 29.5 Å². The molecule has 2 aliphatic rings. The predicted octanol–water partition coefficient (Wildman–Crippen LogP) is 5.87. The van der Waals surface area contributed by atoms with E-state index in [1.165, 1.54) is 12.5 Å². The molecule has 1 saturated heterocycles. The van der Waals surface area contributed by atoms with E-state index in [1.54, 1.807) is 15.9 Å². The number of benzene rings is 1. The largest absolute Gasteiger partial charge is 0.444 e. The van der Waals surface area contributed by atoms with Crippen molar-refractivity contribution in [1.82, 2.24) is 33.5 Å². The van der Waals surface area contributed by atoms with Crippen molar-refractivity contribution in [2.45, 2.75) is 110 Å². The van der Waals surface area contributed by atoms with Crippen molar-refractivity contribution in [3.8, 4) is 11.3 Å². The number of anilines is 1. The van der Waals surface area contributed by atoms with Gasteiger partial charge in [-0.15, -0.1) is 0 Å². The molecular formula is C40H56N8O8S. The van der Waals surface area contributed by atoms with Gasteiger partial charge >= 0.3 is 12.2 Å². The molecule has 2 amide bonds. The van der Waals surface area contributed by atoms with E-state index in [1.807, 2.05) is 96.5 Å². The molecule has 2 fully saturated rings. The van der Waals surface area contributed by atoms with Crippen LogP contribution < -0.4 is 5.73 Å². The Kier molecular flexibility index (Phi) is 11.7. The minimum absolute atomic E-state index is 0.196. The van der Waals surface area contributed by atoms with Gasteiger partial charge in [-0.1, -0.05) is 30.3 Å². The van der Waals surface area contributed by atoms with Gasteiger partial charge in [-0.25, -0.2) is 28.0 Å². The summed E-state index contributed by atoms with van der Waals surface area (Å²) < 4.78 is 52.3.